The number of nitrogens with zero attached hydrogens (tertiary/aromatic N) is 2. The van der Waals surface area contributed by atoms with Gasteiger partial charge in [0.25, 0.3) is 0 Å². The van der Waals surface area contributed by atoms with E-state index >= 15 is 0 Å². The maximum Gasteiger partial charge on any atom is 0.416 e. The number of hydrogen-bond donors (Lipinski definition) is 1. The Morgan fingerprint density at radius 1 is 1.09 bits per heavy atom. The molecule has 1 N–H and O–H groups in total. The smallest absolute Gasteiger partial charge is 0.416 e. The molecule has 0 bridgehead atoms. The highest BCUT2D eigenvalue weighted by Crippen LogP contribution is 2.37. The molecule has 0 unspecified atom stereocenters. The number of carbonyl (C=O) groups is 1. The molecule has 0 amide bonds. The van der Waals surface area contributed by atoms with Crippen molar-refractivity contribution < 1.29 is 36.6 Å². The van der Waals surface area contributed by atoms with Crippen LogP contribution in [0.3, 0.4) is 0 Å². The van der Waals surface area contributed by atoms with Crippen molar-refractivity contribution in [2.45, 2.75) is 19.6 Å². The molecule has 0 radical (unpaired) electrons. The van der Waals surface area contributed by atoms with E-state index in [2.05, 4.69) is 9.84 Å². The van der Waals surface area contributed by atoms with Crippen molar-refractivity contribution in [3.63, 3.8) is 0 Å². The number of aryl methyl sites for hydroxylation is 1. The van der Waals surface area contributed by atoms with E-state index in [1.54, 1.807) is 0 Å². The van der Waals surface area contributed by atoms with Gasteiger partial charge in [0, 0.05) is 5.56 Å². The van der Waals surface area contributed by atoms with E-state index in [-0.39, 0.29) is 34.3 Å². The first-order valence-electron chi connectivity index (χ1n) is 9.94. The summed E-state index contributed by atoms with van der Waals surface area (Å²) < 4.78 is 76.2. The van der Waals surface area contributed by atoms with Crippen LogP contribution in [0, 0.1) is 18.6 Å². The van der Waals surface area contributed by atoms with Gasteiger partial charge in [-0.05, 0) is 48.4 Å². The SMILES string of the molecule is COC(=O)c1cc(F)c(-c2nn(Cc3c(C)cccc3C(F)(F)F)c3cccc(F)c23)cc1O. The predicted octanol–water partition coefficient (Wildman–Crippen LogP) is 5.85. The van der Waals surface area contributed by atoms with Crippen LogP contribution in [0.1, 0.15) is 27.0 Å². The molecule has 4 aromatic rings. The zero-order valence-electron chi connectivity index (χ0n) is 17.9. The molecule has 0 aliphatic carbocycles. The second-order valence-electron chi connectivity index (χ2n) is 7.58. The number of fused-ring (bicyclic) bond motifs is 1. The van der Waals surface area contributed by atoms with Gasteiger partial charge in [0.1, 0.15) is 28.6 Å². The Balaban J connectivity index is 1.93. The summed E-state index contributed by atoms with van der Waals surface area (Å²) in [4.78, 5) is 11.7. The zero-order chi connectivity index (χ0) is 24.8. The molecule has 0 atom stereocenters. The van der Waals surface area contributed by atoms with Crippen molar-refractivity contribution in [3.05, 3.63) is 82.4 Å². The third-order valence-electron chi connectivity index (χ3n) is 5.50. The summed E-state index contributed by atoms with van der Waals surface area (Å²) in [5.41, 5.74) is -1.47. The van der Waals surface area contributed by atoms with E-state index < -0.39 is 40.7 Å². The van der Waals surface area contributed by atoms with Gasteiger partial charge in [-0.25, -0.2) is 13.6 Å². The number of phenolic OH excluding ortho intramolecular Hbond substituents is 1. The number of phenols is 1. The number of aromatic nitrogens is 2. The lowest BCUT2D eigenvalue weighted by Gasteiger charge is -2.15. The summed E-state index contributed by atoms with van der Waals surface area (Å²) >= 11 is 0. The number of benzene rings is 3. The van der Waals surface area contributed by atoms with Crippen molar-refractivity contribution in [2.75, 3.05) is 7.11 Å². The topological polar surface area (TPSA) is 64.3 Å². The molecular formula is C24H17F5N2O3. The van der Waals surface area contributed by atoms with Gasteiger partial charge in [-0.1, -0.05) is 18.2 Å². The summed E-state index contributed by atoms with van der Waals surface area (Å²) in [6.07, 6.45) is -4.62. The van der Waals surface area contributed by atoms with Gasteiger partial charge in [0.05, 0.1) is 30.1 Å². The lowest BCUT2D eigenvalue weighted by atomic mass is 10.0. The van der Waals surface area contributed by atoms with E-state index in [0.717, 1.165) is 36.1 Å². The molecule has 0 aliphatic rings. The summed E-state index contributed by atoms with van der Waals surface area (Å²) in [7, 11) is 1.05. The number of ether oxygens (including phenoxy) is 1. The molecule has 1 heterocycles. The highest BCUT2D eigenvalue weighted by Gasteiger charge is 2.34. The van der Waals surface area contributed by atoms with Crippen molar-refractivity contribution in [3.8, 4) is 17.0 Å². The van der Waals surface area contributed by atoms with Crippen LogP contribution in [-0.4, -0.2) is 28.0 Å². The summed E-state index contributed by atoms with van der Waals surface area (Å²) in [6.45, 7) is 1.15. The molecule has 0 fully saturated rings. The number of carbonyl (C=O) groups excluding carboxylic acids is 1. The quantitative estimate of drug-likeness (QED) is 0.297. The zero-order valence-corrected chi connectivity index (χ0v) is 17.9. The van der Waals surface area contributed by atoms with Crippen molar-refractivity contribution in [1.29, 1.82) is 0 Å². The van der Waals surface area contributed by atoms with Gasteiger partial charge in [-0.15, -0.1) is 0 Å². The van der Waals surface area contributed by atoms with Gasteiger partial charge in [0.15, 0.2) is 0 Å². The Kier molecular flexibility index (Phi) is 5.76. The standard InChI is InChI=1S/C24H17F5N2O3/c1-12-5-3-6-16(24(27,28)29)15(12)11-31-19-8-4-7-17(25)21(19)22(30-31)13-10-20(32)14(9-18(13)26)23(33)34-2/h3-10,32H,11H2,1-2H3. The van der Waals surface area contributed by atoms with Gasteiger partial charge in [-0.3, -0.25) is 4.68 Å². The minimum absolute atomic E-state index is 0.0698. The van der Waals surface area contributed by atoms with E-state index in [1.165, 1.54) is 31.2 Å². The number of alkyl halides is 3. The van der Waals surface area contributed by atoms with Gasteiger partial charge < -0.3 is 9.84 Å². The van der Waals surface area contributed by atoms with Crippen LogP contribution >= 0.6 is 0 Å². The third-order valence-corrected chi connectivity index (χ3v) is 5.50. The number of rotatable bonds is 4. The molecule has 3 aromatic carbocycles. The Morgan fingerprint density at radius 2 is 1.79 bits per heavy atom. The van der Waals surface area contributed by atoms with E-state index in [1.807, 2.05) is 0 Å². The van der Waals surface area contributed by atoms with Crippen LogP contribution in [0.2, 0.25) is 0 Å². The fraction of sp³-hybridized carbons (Fsp3) is 0.167. The Morgan fingerprint density at radius 3 is 2.47 bits per heavy atom. The average Bonchev–Trinajstić information content (AvgIpc) is 3.14. The highest BCUT2D eigenvalue weighted by atomic mass is 19.4. The maximum absolute atomic E-state index is 15.0. The summed E-state index contributed by atoms with van der Waals surface area (Å²) in [6, 6.07) is 9.28. The predicted molar refractivity (Wildman–Crippen MR) is 113 cm³/mol. The largest absolute Gasteiger partial charge is 0.507 e. The summed E-state index contributed by atoms with van der Waals surface area (Å²) in [5, 5.41) is 14.3. The fourth-order valence-electron chi connectivity index (χ4n) is 3.84. The van der Waals surface area contributed by atoms with Crippen LogP contribution < -0.4 is 0 Å². The molecule has 0 aliphatic heterocycles. The van der Waals surface area contributed by atoms with Gasteiger partial charge >= 0.3 is 12.1 Å². The molecule has 10 heteroatoms. The van der Waals surface area contributed by atoms with Crippen LogP contribution in [0.4, 0.5) is 22.0 Å². The van der Waals surface area contributed by atoms with E-state index in [4.69, 9.17) is 0 Å². The third kappa shape index (κ3) is 3.95. The molecule has 4 rings (SSSR count). The van der Waals surface area contributed by atoms with Gasteiger partial charge in [0.2, 0.25) is 0 Å². The monoisotopic (exact) mass is 476 g/mol. The maximum atomic E-state index is 15.0. The molecule has 34 heavy (non-hydrogen) atoms. The molecular weight excluding hydrogens is 459 g/mol. The van der Waals surface area contributed by atoms with E-state index in [9.17, 15) is 31.9 Å². The number of aromatic hydroxyl groups is 1. The highest BCUT2D eigenvalue weighted by molar-refractivity contribution is 5.97. The molecule has 1 aromatic heterocycles. The van der Waals surface area contributed by atoms with Crippen molar-refractivity contribution in [2.24, 2.45) is 0 Å². The number of esters is 1. The van der Waals surface area contributed by atoms with Crippen LogP contribution in [0.25, 0.3) is 22.2 Å². The average molecular weight is 476 g/mol. The lowest BCUT2D eigenvalue weighted by Crippen LogP contribution is -2.14. The Hall–Kier alpha value is -3.95. The first kappa shape index (κ1) is 23.2. The minimum atomic E-state index is -4.62. The molecule has 0 saturated heterocycles. The van der Waals surface area contributed by atoms with Gasteiger partial charge in [-0.2, -0.15) is 18.3 Å². The molecule has 5 nitrogen and oxygen atoms in total. The number of halogens is 5. The summed E-state index contributed by atoms with van der Waals surface area (Å²) in [5.74, 6) is -3.39. The number of methoxy groups -OCH3 is 1. The first-order valence-corrected chi connectivity index (χ1v) is 9.94. The minimum Gasteiger partial charge on any atom is -0.507 e. The lowest BCUT2D eigenvalue weighted by molar-refractivity contribution is -0.138. The molecule has 0 spiro atoms. The van der Waals surface area contributed by atoms with Crippen molar-refractivity contribution in [1.82, 2.24) is 9.78 Å². The second kappa shape index (κ2) is 8.44. The molecule has 176 valence electrons. The fourth-order valence-corrected chi connectivity index (χ4v) is 3.84. The van der Waals surface area contributed by atoms with Crippen molar-refractivity contribution >= 4 is 16.9 Å². The van der Waals surface area contributed by atoms with Crippen LogP contribution in [0.5, 0.6) is 5.75 Å². The normalized spacial score (nSPS) is 11.7. The molecule has 0 saturated carbocycles. The van der Waals surface area contributed by atoms with E-state index in [0.29, 0.717) is 5.56 Å². The Labute approximate surface area is 190 Å². The first-order chi connectivity index (χ1) is 16.0. The van der Waals surface area contributed by atoms with Crippen LogP contribution in [0.15, 0.2) is 48.5 Å². The number of hydrogen-bond acceptors (Lipinski definition) is 4. The second-order valence-corrected chi connectivity index (χ2v) is 7.58. The van der Waals surface area contributed by atoms with Crippen LogP contribution in [-0.2, 0) is 17.5 Å². The Bertz CT molecular complexity index is 1430.